The average Bonchev–Trinajstić information content (AvgIpc) is 3.03. The molecular formula is C33H50ClN5O5S2. The monoisotopic (exact) mass is 695 g/mol. The van der Waals surface area contributed by atoms with Gasteiger partial charge in [-0.2, -0.15) is 21.3 Å². The second-order valence-electron chi connectivity index (χ2n) is 13.2. The van der Waals surface area contributed by atoms with Gasteiger partial charge >= 0.3 is 0 Å². The van der Waals surface area contributed by atoms with Crippen LogP contribution in [0.1, 0.15) is 50.2 Å². The van der Waals surface area contributed by atoms with Crippen LogP contribution < -0.4 is 4.90 Å². The first-order valence-corrected chi connectivity index (χ1v) is 19.8. The van der Waals surface area contributed by atoms with Crippen molar-refractivity contribution in [2.24, 2.45) is 5.92 Å². The van der Waals surface area contributed by atoms with E-state index in [-0.39, 0.29) is 30.0 Å². The highest BCUT2D eigenvalue weighted by Crippen LogP contribution is 2.27. The van der Waals surface area contributed by atoms with Gasteiger partial charge in [-0.05, 0) is 105 Å². The van der Waals surface area contributed by atoms with Crippen LogP contribution in [0.2, 0.25) is 5.02 Å². The molecule has 13 heteroatoms. The van der Waals surface area contributed by atoms with Crippen molar-refractivity contribution in [3.05, 3.63) is 58.6 Å². The standard InChI is InChI=1S/C33H50ClN5O5S2/c1-27-23-37(45(40,41)33-13-11-31(12-14-33)35(2)3)18-6-16-36(26-32-8-4-5-21-44-32)17-7-19-38(24-27)46(42,43)39-20-15-28-22-30(34)10-9-29(28)25-39/h9-14,22,27,32H,4-8,15-21,23-26H2,1-3H3/t27-,32?/m0/s1. The Hall–Kier alpha value is -1.77. The number of fused-ring (bicyclic) bond motifs is 1. The number of hydrogen-bond acceptors (Lipinski definition) is 7. The van der Waals surface area contributed by atoms with Crippen molar-refractivity contribution in [3.8, 4) is 0 Å². The number of benzene rings is 2. The summed E-state index contributed by atoms with van der Waals surface area (Å²) in [6.45, 7) is 6.83. The molecule has 0 spiro atoms. The Labute approximate surface area is 281 Å². The average molecular weight is 696 g/mol. The maximum atomic E-state index is 14.2. The van der Waals surface area contributed by atoms with Crippen LogP contribution in [0.4, 0.5) is 5.69 Å². The molecule has 2 aromatic rings. The van der Waals surface area contributed by atoms with Gasteiger partial charge in [0.15, 0.2) is 0 Å². The van der Waals surface area contributed by atoms with E-state index in [1.165, 1.54) is 0 Å². The van der Waals surface area contributed by atoms with Crippen LogP contribution >= 0.6 is 11.6 Å². The number of anilines is 1. The molecule has 256 valence electrons. The van der Waals surface area contributed by atoms with E-state index in [1.54, 1.807) is 25.0 Å². The van der Waals surface area contributed by atoms with Crippen LogP contribution in [-0.4, -0.2) is 114 Å². The van der Waals surface area contributed by atoms with Crippen LogP contribution in [0.25, 0.3) is 0 Å². The summed E-state index contributed by atoms with van der Waals surface area (Å²) in [5, 5.41) is 0.656. The second kappa shape index (κ2) is 15.6. The van der Waals surface area contributed by atoms with Crippen molar-refractivity contribution >= 4 is 37.5 Å². The fraction of sp³-hybridized carbons (Fsp3) is 0.636. The number of sulfonamides is 1. The number of halogens is 1. The van der Waals surface area contributed by atoms with E-state index in [0.717, 1.165) is 62.3 Å². The van der Waals surface area contributed by atoms with Gasteiger partial charge in [-0.15, -0.1) is 0 Å². The fourth-order valence-electron chi connectivity index (χ4n) is 6.76. The first-order chi connectivity index (χ1) is 21.9. The number of rotatable bonds is 7. The molecule has 3 aliphatic heterocycles. The van der Waals surface area contributed by atoms with Crippen molar-refractivity contribution in [3.63, 3.8) is 0 Å². The predicted molar refractivity (Wildman–Crippen MR) is 184 cm³/mol. The Morgan fingerprint density at radius 3 is 2.20 bits per heavy atom. The van der Waals surface area contributed by atoms with E-state index in [1.807, 2.05) is 56.3 Å². The van der Waals surface area contributed by atoms with Gasteiger partial charge in [-0.1, -0.05) is 24.6 Å². The van der Waals surface area contributed by atoms with Gasteiger partial charge in [-0.25, -0.2) is 8.42 Å². The van der Waals surface area contributed by atoms with Crippen molar-refractivity contribution in [1.82, 2.24) is 17.8 Å². The molecule has 0 N–H and O–H groups in total. The largest absolute Gasteiger partial charge is 0.378 e. The molecule has 2 atom stereocenters. The fourth-order valence-corrected chi connectivity index (χ4v) is 10.3. The van der Waals surface area contributed by atoms with E-state index in [2.05, 4.69) is 4.90 Å². The quantitative estimate of drug-likeness (QED) is 0.427. The third-order valence-electron chi connectivity index (χ3n) is 9.32. The van der Waals surface area contributed by atoms with E-state index in [0.29, 0.717) is 50.5 Å². The molecule has 0 radical (unpaired) electrons. The highest BCUT2D eigenvalue weighted by Gasteiger charge is 2.35. The van der Waals surface area contributed by atoms with Crippen LogP contribution in [0.15, 0.2) is 47.4 Å². The highest BCUT2D eigenvalue weighted by molar-refractivity contribution is 7.89. The molecule has 10 nitrogen and oxygen atoms in total. The Balaban J connectivity index is 1.38. The highest BCUT2D eigenvalue weighted by atomic mass is 35.5. The molecule has 5 rings (SSSR count). The zero-order valence-corrected chi connectivity index (χ0v) is 29.9. The molecule has 2 aromatic carbocycles. The zero-order valence-electron chi connectivity index (χ0n) is 27.5. The Morgan fingerprint density at radius 2 is 1.52 bits per heavy atom. The molecule has 0 aliphatic carbocycles. The SMILES string of the molecule is C[C@H]1CN(S(=O)(=O)c2ccc(N(C)C)cc2)CCCN(CC2CCCCO2)CCCN(S(=O)(=O)N2CCc3cc(Cl)ccc3C2)C1. The van der Waals surface area contributed by atoms with Gasteiger partial charge in [0.05, 0.1) is 11.0 Å². The molecule has 0 aromatic heterocycles. The summed E-state index contributed by atoms with van der Waals surface area (Å²) in [5.41, 5.74) is 2.98. The van der Waals surface area contributed by atoms with E-state index < -0.39 is 20.2 Å². The van der Waals surface area contributed by atoms with Gasteiger partial charge < -0.3 is 14.5 Å². The van der Waals surface area contributed by atoms with Gasteiger partial charge in [-0.3, -0.25) is 0 Å². The Morgan fingerprint density at radius 1 is 0.826 bits per heavy atom. The summed E-state index contributed by atoms with van der Waals surface area (Å²) in [6.07, 6.45) is 5.38. The van der Waals surface area contributed by atoms with Crippen LogP contribution in [0.3, 0.4) is 0 Å². The molecule has 46 heavy (non-hydrogen) atoms. The minimum absolute atomic E-state index is 0.151. The molecule has 3 heterocycles. The number of ether oxygens (including phenoxy) is 1. The maximum absolute atomic E-state index is 14.2. The summed E-state index contributed by atoms with van der Waals surface area (Å²) in [6, 6.07) is 12.6. The van der Waals surface area contributed by atoms with E-state index >= 15 is 0 Å². The molecule has 1 unspecified atom stereocenters. The predicted octanol–water partition coefficient (Wildman–Crippen LogP) is 4.30. The van der Waals surface area contributed by atoms with Gasteiger partial charge in [0.25, 0.3) is 10.2 Å². The van der Waals surface area contributed by atoms with Crippen LogP contribution in [0, 0.1) is 5.92 Å². The molecule has 3 aliphatic rings. The molecule has 0 saturated carbocycles. The summed E-state index contributed by atoms with van der Waals surface area (Å²) < 4.78 is 67.3. The van der Waals surface area contributed by atoms with Gasteiger partial charge in [0, 0.05) is 77.2 Å². The first-order valence-electron chi connectivity index (χ1n) is 16.6. The normalized spacial score (nSPS) is 24.1. The number of nitrogens with zero attached hydrogens (tertiary/aromatic N) is 5. The third-order valence-corrected chi connectivity index (χ3v) is 13.4. The minimum atomic E-state index is -3.80. The topological polar surface area (TPSA) is 93.7 Å². The molecular weight excluding hydrogens is 646 g/mol. The van der Waals surface area contributed by atoms with Gasteiger partial charge in [0.1, 0.15) is 0 Å². The van der Waals surface area contributed by atoms with E-state index in [9.17, 15) is 16.8 Å². The lowest BCUT2D eigenvalue weighted by atomic mass is 10.0. The Kier molecular flexibility index (Phi) is 12.1. The maximum Gasteiger partial charge on any atom is 0.282 e. The van der Waals surface area contributed by atoms with E-state index in [4.69, 9.17) is 16.3 Å². The van der Waals surface area contributed by atoms with Crippen molar-refractivity contribution < 1.29 is 21.6 Å². The van der Waals surface area contributed by atoms with Crippen molar-refractivity contribution in [1.29, 1.82) is 0 Å². The lowest BCUT2D eigenvalue weighted by Gasteiger charge is -2.36. The lowest BCUT2D eigenvalue weighted by molar-refractivity contribution is -0.00651. The second-order valence-corrected chi connectivity index (χ2v) is 17.5. The summed E-state index contributed by atoms with van der Waals surface area (Å²) in [7, 11) is -3.76. The van der Waals surface area contributed by atoms with Crippen LogP contribution in [-0.2, 0) is 37.9 Å². The number of hydrogen-bond donors (Lipinski definition) is 0. The first kappa shape index (κ1) is 35.5. The molecule has 0 bridgehead atoms. The summed E-state index contributed by atoms with van der Waals surface area (Å²) in [5.74, 6) is -0.215. The molecule has 2 saturated heterocycles. The third kappa shape index (κ3) is 8.82. The molecule has 2 fully saturated rings. The van der Waals surface area contributed by atoms with Gasteiger partial charge in [0.2, 0.25) is 10.0 Å². The smallest absolute Gasteiger partial charge is 0.282 e. The van der Waals surface area contributed by atoms with Crippen molar-refractivity contribution in [2.75, 3.05) is 78.0 Å². The molecule has 0 amide bonds. The summed E-state index contributed by atoms with van der Waals surface area (Å²) in [4.78, 5) is 4.52. The van der Waals surface area contributed by atoms with Crippen LogP contribution in [0.5, 0.6) is 0 Å². The van der Waals surface area contributed by atoms with Crippen molar-refractivity contribution in [2.45, 2.75) is 63.0 Å². The minimum Gasteiger partial charge on any atom is -0.378 e. The zero-order chi connectivity index (χ0) is 32.9. The Bertz CT molecular complexity index is 1520. The summed E-state index contributed by atoms with van der Waals surface area (Å²) >= 11 is 6.20. The lowest BCUT2D eigenvalue weighted by Crippen LogP contribution is -2.49.